The third kappa shape index (κ3) is 4.33. The van der Waals surface area contributed by atoms with Crippen LogP contribution >= 0.6 is 11.3 Å². The van der Waals surface area contributed by atoms with E-state index in [1.807, 2.05) is 84.9 Å². The largest absolute Gasteiger partial charge is 0.477 e. The first kappa shape index (κ1) is 21.6. The number of nitrogens with one attached hydrogen (secondary N) is 1. The van der Waals surface area contributed by atoms with Crippen molar-refractivity contribution in [1.29, 1.82) is 0 Å². The summed E-state index contributed by atoms with van der Waals surface area (Å²) in [5, 5.41) is 13.5. The number of aromatic carboxylic acids is 1. The third-order valence-electron chi connectivity index (χ3n) is 5.58. The Balaban J connectivity index is 1.57. The Morgan fingerprint density at radius 3 is 2.35 bits per heavy atom. The van der Waals surface area contributed by atoms with Crippen LogP contribution in [0.1, 0.15) is 21.5 Å². The van der Waals surface area contributed by atoms with Gasteiger partial charge in [0.05, 0.1) is 0 Å². The van der Waals surface area contributed by atoms with E-state index in [1.165, 1.54) is 17.5 Å². The Hall–Kier alpha value is -4.23. The molecule has 2 heterocycles. The van der Waals surface area contributed by atoms with Crippen LogP contribution in [0, 0.1) is 0 Å². The van der Waals surface area contributed by atoms with Gasteiger partial charge in [0.1, 0.15) is 10.3 Å². The summed E-state index contributed by atoms with van der Waals surface area (Å²) in [5.74, 6) is -1.25. The molecule has 0 aliphatic carbocycles. The van der Waals surface area contributed by atoms with E-state index in [2.05, 4.69) is 10.3 Å². The number of hydrogen-bond donors (Lipinski definition) is 2. The molecule has 6 nitrogen and oxygen atoms in total. The number of pyridine rings is 1. The van der Waals surface area contributed by atoms with Gasteiger partial charge in [-0.3, -0.25) is 4.79 Å². The molecule has 0 radical (unpaired) electrons. The van der Waals surface area contributed by atoms with Crippen molar-refractivity contribution in [2.45, 2.75) is 13.1 Å². The van der Waals surface area contributed by atoms with Crippen molar-refractivity contribution in [3.63, 3.8) is 0 Å². The van der Waals surface area contributed by atoms with Crippen LogP contribution in [-0.2, 0) is 13.1 Å². The fourth-order valence-electron chi connectivity index (χ4n) is 3.92. The molecule has 2 N–H and O–H groups in total. The second kappa shape index (κ2) is 9.33. The zero-order valence-electron chi connectivity index (χ0n) is 18.1. The van der Waals surface area contributed by atoms with Crippen molar-refractivity contribution >= 4 is 32.8 Å². The summed E-state index contributed by atoms with van der Waals surface area (Å²) in [6, 6.07) is 27.9. The van der Waals surface area contributed by atoms with Crippen molar-refractivity contribution in [2.24, 2.45) is 0 Å². The minimum absolute atomic E-state index is 0.261. The minimum atomic E-state index is -1.25. The van der Waals surface area contributed by atoms with Crippen LogP contribution < -0.4 is 10.7 Å². The molecule has 5 rings (SSSR count). The maximum Gasteiger partial charge on any atom is 0.341 e. The van der Waals surface area contributed by atoms with Crippen molar-refractivity contribution in [1.82, 2.24) is 9.55 Å². The molecule has 0 aliphatic heterocycles. The quantitative estimate of drug-likeness (QED) is 0.331. The van der Waals surface area contributed by atoms with E-state index in [-0.39, 0.29) is 5.56 Å². The normalized spacial score (nSPS) is 10.9. The lowest BCUT2D eigenvalue weighted by Gasteiger charge is -2.13. The van der Waals surface area contributed by atoms with E-state index in [4.69, 9.17) is 0 Å². The molecule has 0 saturated heterocycles. The van der Waals surface area contributed by atoms with E-state index >= 15 is 0 Å². The van der Waals surface area contributed by atoms with Gasteiger partial charge in [0.25, 0.3) is 0 Å². The monoisotopic (exact) mass is 467 g/mol. The lowest BCUT2D eigenvalue weighted by Crippen LogP contribution is -2.18. The molecule has 3 aromatic carbocycles. The standard InChI is InChI=1S/C27H21N3O3S/c31-23-22(26(32)33)17-30(16-20-13-7-8-14-21(20)19-11-5-2-6-12-19)25-24(23)34-27(29-25)28-15-18-9-3-1-4-10-18/h1-14,17H,15-16H2,(H,28,29)(H,32,33). The highest BCUT2D eigenvalue weighted by Crippen LogP contribution is 2.28. The van der Waals surface area contributed by atoms with Gasteiger partial charge in [0.2, 0.25) is 5.43 Å². The van der Waals surface area contributed by atoms with Crippen LogP contribution in [0.25, 0.3) is 21.5 Å². The topological polar surface area (TPSA) is 84.2 Å². The lowest BCUT2D eigenvalue weighted by molar-refractivity contribution is 0.0695. The number of benzene rings is 3. The Morgan fingerprint density at radius 2 is 1.62 bits per heavy atom. The Bertz CT molecular complexity index is 1530. The van der Waals surface area contributed by atoms with E-state index in [0.717, 1.165) is 22.3 Å². The average molecular weight is 468 g/mol. The molecule has 0 spiro atoms. The van der Waals surface area contributed by atoms with Gasteiger partial charge in [0.15, 0.2) is 10.8 Å². The van der Waals surface area contributed by atoms with Gasteiger partial charge in [-0.15, -0.1) is 0 Å². The van der Waals surface area contributed by atoms with Crippen LogP contribution in [0.3, 0.4) is 0 Å². The Labute approximate surface area is 199 Å². The second-order valence-electron chi connectivity index (χ2n) is 7.84. The molecule has 0 saturated carbocycles. The number of aromatic nitrogens is 2. The number of carbonyl (C=O) groups is 1. The van der Waals surface area contributed by atoms with Crippen LogP contribution in [0.4, 0.5) is 5.13 Å². The van der Waals surface area contributed by atoms with E-state index < -0.39 is 11.4 Å². The number of hydrogen-bond acceptors (Lipinski definition) is 5. The van der Waals surface area contributed by atoms with Crippen molar-refractivity contribution < 1.29 is 9.90 Å². The predicted molar refractivity (Wildman–Crippen MR) is 136 cm³/mol. The molecular formula is C27H21N3O3S. The molecule has 2 aromatic heterocycles. The highest BCUT2D eigenvalue weighted by Gasteiger charge is 2.19. The molecule has 34 heavy (non-hydrogen) atoms. The molecule has 0 atom stereocenters. The summed E-state index contributed by atoms with van der Waals surface area (Å²) in [5.41, 5.74) is 3.89. The van der Waals surface area contributed by atoms with Gasteiger partial charge >= 0.3 is 5.97 Å². The van der Waals surface area contributed by atoms with E-state index in [1.54, 1.807) is 4.57 Å². The van der Waals surface area contributed by atoms with Gasteiger partial charge in [-0.2, -0.15) is 0 Å². The molecule has 5 aromatic rings. The fourth-order valence-corrected chi connectivity index (χ4v) is 4.84. The highest BCUT2D eigenvalue weighted by atomic mass is 32.1. The van der Waals surface area contributed by atoms with Gasteiger partial charge in [-0.25, -0.2) is 9.78 Å². The number of carboxylic acid groups (broad SMARTS) is 1. The number of rotatable bonds is 7. The Morgan fingerprint density at radius 1 is 0.941 bits per heavy atom. The zero-order chi connectivity index (χ0) is 23.5. The maximum atomic E-state index is 12.9. The molecule has 0 fully saturated rings. The fraction of sp³-hybridized carbons (Fsp3) is 0.0741. The van der Waals surface area contributed by atoms with Gasteiger partial charge in [-0.1, -0.05) is 96.3 Å². The summed E-state index contributed by atoms with van der Waals surface area (Å²) in [4.78, 5) is 29.4. The molecule has 0 unspecified atom stereocenters. The lowest BCUT2D eigenvalue weighted by atomic mass is 9.99. The number of carboxylic acids is 1. The molecular weight excluding hydrogens is 446 g/mol. The minimum Gasteiger partial charge on any atom is -0.477 e. The number of anilines is 1. The molecule has 0 aliphatic rings. The van der Waals surface area contributed by atoms with Crippen LogP contribution in [0.2, 0.25) is 0 Å². The van der Waals surface area contributed by atoms with Gasteiger partial charge in [-0.05, 0) is 22.3 Å². The summed E-state index contributed by atoms with van der Waals surface area (Å²) >= 11 is 1.18. The smallest absolute Gasteiger partial charge is 0.341 e. The molecule has 0 bridgehead atoms. The summed E-state index contributed by atoms with van der Waals surface area (Å²) in [7, 11) is 0. The third-order valence-corrected chi connectivity index (χ3v) is 6.58. The van der Waals surface area contributed by atoms with Crippen molar-refractivity contribution in [2.75, 3.05) is 5.32 Å². The van der Waals surface area contributed by atoms with Crippen LogP contribution in [-0.4, -0.2) is 20.6 Å². The predicted octanol–water partition coefficient (Wildman–Crippen LogP) is 5.48. The summed E-state index contributed by atoms with van der Waals surface area (Å²) < 4.78 is 2.08. The summed E-state index contributed by atoms with van der Waals surface area (Å²) in [6.45, 7) is 0.932. The van der Waals surface area contributed by atoms with E-state index in [0.29, 0.717) is 28.6 Å². The molecule has 0 amide bonds. The highest BCUT2D eigenvalue weighted by molar-refractivity contribution is 7.22. The van der Waals surface area contributed by atoms with Crippen LogP contribution in [0.5, 0.6) is 0 Å². The summed E-state index contributed by atoms with van der Waals surface area (Å²) in [6.07, 6.45) is 1.40. The second-order valence-corrected chi connectivity index (χ2v) is 8.84. The molecule has 168 valence electrons. The van der Waals surface area contributed by atoms with Gasteiger partial charge in [0, 0.05) is 19.3 Å². The average Bonchev–Trinajstić information content (AvgIpc) is 3.31. The van der Waals surface area contributed by atoms with Gasteiger partial charge < -0.3 is 15.0 Å². The van der Waals surface area contributed by atoms with Crippen molar-refractivity contribution in [3.05, 3.63) is 118 Å². The van der Waals surface area contributed by atoms with E-state index in [9.17, 15) is 14.7 Å². The Kier molecular flexibility index (Phi) is 5.93. The molecule has 7 heteroatoms. The van der Waals surface area contributed by atoms with Crippen LogP contribution in [0.15, 0.2) is 95.9 Å². The maximum absolute atomic E-state index is 12.9. The SMILES string of the molecule is O=C(O)c1cn(Cc2ccccc2-c2ccccc2)c2nc(NCc3ccccc3)sc2c1=O. The first-order valence-electron chi connectivity index (χ1n) is 10.8. The van der Waals surface area contributed by atoms with Crippen molar-refractivity contribution in [3.8, 4) is 11.1 Å². The number of fused-ring (bicyclic) bond motifs is 1. The number of thiazole rings is 1. The zero-order valence-corrected chi connectivity index (χ0v) is 19.0. The first-order valence-corrected chi connectivity index (χ1v) is 11.6. The number of nitrogens with zero attached hydrogens (tertiary/aromatic N) is 2. The first-order chi connectivity index (χ1) is 16.6.